The molecule has 0 atom stereocenters. The third-order valence-electron chi connectivity index (χ3n) is 3.07. The van der Waals surface area contributed by atoms with Crippen molar-refractivity contribution < 1.29 is 13.8 Å². The summed E-state index contributed by atoms with van der Waals surface area (Å²) in [6, 6.07) is 3.55. The van der Waals surface area contributed by atoms with E-state index >= 15 is 0 Å². The summed E-state index contributed by atoms with van der Waals surface area (Å²) in [6.45, 7) is 3.52. The first kappa shape index (κ1) is 13.9. The second kappa shape index (κ2) is 5.76. The minimum atomic E-state index is -0.292. The maximum Gasteiger partial charge on any atom is 0.257 e. The molecule has 0 bridgehead atoms. The van der Waals surface area contributed by atoms with E-state index in [1.807, 2.05) is 0 Å². The van der Waals surface area contributed by atoms with Crippen LogP contribution < -0.4 is 5.32 Å². The molecule has 22 heavy (non-hydrogen) atoms. The van der Waals surface area contributed by atoms with E-state index in [4.69, 9.17) is 9.05 Å². The fraction of sp³-hybridized carbons (Fsp3) is 0.214. The Morgan fingerprint density at radius 3 is 2.64 bits per heavy atom. The number of hydrogen-bond acceptors (Lipinski definition) is 7. The van der Waals surface area contributed by atoms with Crippen molar-refractivity contribution in [3.63, 3.8) is 0 Å². The van der Waals surface area contributed by atoms with Crippen LogP contribution in [0.1, 0.15) is 27.7 Å². The molecule has 3 aromatic heterocycles. The number of aromatic nitrogens is 4. The van der Waals surface area contributed by atoms with Gasteiger partial charge in [-0.1, -0.05) is 10.3 Å². The van der Waals surface area contributed by atoms with Crippen LogP contribution in [0.3, 0.4) is 0 Å². The molecule has 8 heteroatoms. The van der Waals surface area contributed by atoms with Gasteiger partial charge in [-0.3, -0.25) is 9.78 Å². The van der Waals surface area contributed by atoms with Crippen LogP contribution in [0.5, 0.6) is 0 Å². The van der Waals surface area contributed by atoms with Gasteiger partial charge in [0.25, 0.3) is 5.91 Å². The Morgan fingerprint density at radius 2 is 1.95 bits per heavy atom. The molecule has 1 N–H and O–H groups in total. The molecule has 0 fully saturated rings. The van der Waals surface area contributed by atoms with Crippen molar-refractivity contribution in [2.45, 2.75) is 20.4 Å². The predicted octanol–water partition coefficient (Wildman–Crippen LogP) is 1.67. The van der Waals surface area contributed by atoms with Gasteiger partial charge in [0.2, 0.25) is 11.7 Å². The van der Waals surface area contributed by atoms with Gasteiger partial charge in [0.1, 0.15) is 11.3 Å². The maximum atomic E-state index is 12.1. The molecule has 3 heterocycles. The van der Waals surface area contributed by atoms with Gasteiger partial charge < -0.3 is 14.4 Å². The molecule has 0 aromatic carbocycles. The number of aryl methyl sites for hydroxylation is 2. The Bertz CT molecular complexity index is 774. The van der Waals surface area contributed by atoms with Crippen molar-refractivity contribution in [2.75, 3.05) is 0 Å². The van der Waals surface area contributed by atoms with E-state index in [-0.39, 0.29) is 12.5 Å². The summed E-state index contributed by atoms with van der Waals surface area (Å²) >= 11 is 0. The molecule has 0 radical (unpaired) electrons. The molecule has 0 unspecified atom stereocenters. The normalized spacial score (nSPS) is 10.6. The van der Waals surface area contributed by atoms with Crippen molar-refractivity contribution >= 4 is 5.91 Å². The first-order valence-corrected chi connectivity index (χ1v) is 6.59. The molecule has 0 aliphatic carbocycles. The van der Waals surface area contributed by atoms with Gasteiger partial charge in [-0.05, 0) is 26.0 Å². The maximum absolute atomic E-state index is 12.1. The van der Waals surface area contributed by atoms with Crippen LogP contribution in [0.25, 0.3) is 11.4 Å². The molecular weight excluding hydrogens is 286 g/mol. The van der Waals surface area contributed by atoms with Gasteiger partial charge in [0.05, 0.1) is 12.2 Å². The Hall–Kier alpha value is -3.03. The SMILES string of the molecule is Cc1noc(C)c1C(=O)NCc1nc(-c2ccncc2)no1. The van der Waals surface area contributed by atoms with Crippen molar-refractivity contribution in [1.29, 1.82) is 0 Å². The number of hydrogen-bond donors (Lipinski definition) is 1. The van der Waals surface area contributed by atoms with E-state index in [0.29, 0.717) is 28.7 Å². The Balaban J connectivity index is 1.68. The molecule has 0 spiro atoms. The van der Waals surface area contributed by atoms with Gasteiger partial charge in [-0.2, -0.15) is 4.98 Å². The van der Waals surface area contributed by atoms with Gasteiger partial charge >= 0.3 is 0 Å². The highest BCUT2D eigenvalue weighted by molar-refractivity contribution is 5.95. The van der Waals surface area contributed by atoms with E-state index in [1.54, 1.807) is 38.4 Å². The van der Waals surface area contributed by atoms with Crippen LogP contribution in [0.15, 0.2) is 33.6 Å². The van der Waals surface area contributed by atoms with Crippen LogP contribution in [0.2, 0.25) is 0 Å². The van der Waals surface area contributed by atoms with E-state index in [0.717, 1.165) is 5.56 Å². The fourth-order valence-corrected chi connectivity index (χ4v) is 2.00. The molecule has 3 aromatic rings. The molecule has 0 aliphatic rings. The zero-order valence-corrected chi connectivity index (χ0v) is 12.0. The van der Waals surface area contributed by atoms with Crippen molar-refractivity contribution in [2.24, 2.45) is 0 Å². The Kier molecular flexibility index (Phi) is 3.65. The fourth-order valence-electron chi connectivity index (χ4n) is 2.00. The summed E-state index contributed by atoms with van der Waals surface area (Å²) in [5, 5.41) is 10.3. The highest BCUT2D eigenvalue weighted by Gasteiger charge is 2.18. The van der Waals surface area contributed by atoms with Gasteiger partial charge in [-0.25, -0.2) is 0 Å². The number of amides is 1. The zero-order valence-electron chi connectivity index (χ0n) is 12.0. The standard InChI is InChI=1S/C14H13N5O3/c1-8-12(9(2)21-18-8)14(20)16-7-11-17-13(19-22-11)10-3-5-15-6-4-10/h3-6H,7H2,1-2H3,(H,16,20). The Morgan fingerprint density at radius 1 is 1.18 bits per heavy atom. The van der Waals surface area contributed by atoms with E-state index in [9.17, 15) is 4.79 Å². The predicted molar refractivity (Wildman–Crippen MR) is 74.7 cm³/mol. The largest absolute Gasteiger partial charge is 0.361 e. The van der Waals surface area contributed by atoms with Gasteiger partial charge in [0.15, 0.2) is 0 Å². The minimum Gasteiger partial charge on any atom is -0.361 e. The summed E-state index contributed by atoms with van der Waals surface area (Å²) < 4.78 is 10.1. The summed E-state index contributed by atoms with van der Waals surface area (Å²) in [5.74, 6) is 0.939. The number of nitrogens with zero attached hydrogens (tertiary/aromatic N) is 4. The van der Waals surface area contributed by atoms with Crippen molar-refractivity contribution in [3.05, 3.63) is 47.4 Å². The molecule has 0 saturated carbocycles. The quantitative estimate of drug-likeness (QED) is 0.780. The first-order valence-electron chi connectivity index (χ1n) is 6.59. The van der Waals surface area contributed by atoms with E-state index < -0.39 is 0 Å². The average molecular weight is 299 g/mol. The molecular formula is C14H13N5O3. The van der Waals surface area contributed by atoms with Crippen molar-refractivity contribution in [1.82, 2.24) is 25.6 Å². The second-order valence-electron chi connectivity index (χ2n) is 4.63. The highest BCUT2D eigenvalue weighted by atomic mass is 16.5. The molecule has 1 amide bonds. The summed E-state index contributed by atoms with van der Waals surface area (Å²) in [5.41, 5.74) is 1.76. The molecule has 0 saturated heterocycles. The van der Waals surface area contributed by atoms with Crippen molar-refractivity contribution in [3.8, 4) is 11.4 Å². The topological polar surface area (TPSA) is 107 Å². The summed E-state index contributed by atoms with van der Waals surface area (Å²) in [6.07, 6.45) is 3.29. The smallest absolute Gasteiger partial charge is 0.257 e. The highest BCUT2D eigenvalue weighted by Crippen LogP contribution is 2.15. The lowest BCUT2D eigenvalue weighted by Gasteiger charge is -2.00. The lowest BCUT2D eigenvalue weighted by Crippen LogP contribution is -2.24. The molecule has 8 nitrogen and oxygen atoms in total. The lowest BCUT2D eigenvalue weighted by molar-refractivity contribution is 0.0944. The summed E-state index contributed by atoms with van der Waals surface area (Å²) in [4.78, 5) is 20.2. The zero-order chi connectivity index (χ0) is 15.5. The summed E-state index contributed by atoms with van der Waals surface area (Å²) in [7, 11) is 0. The lowest BCUT2D eigenvalue weighted by atomic mass is 10.2. The van der Waals surface area contributed by atoms with Crippen LogP contribution in [0.4, 0.5) is 0 Å². The Labute approximate surface area is 125 Å². The first-order chi connectivity index (χ1) is 10.6. The van der Waals surface area contributed by atoms with E-state index in [2.05, 4.69) is 25.6 Å². The van der Waals surface area contributed by atoms with Gasteiger partial charge in [0, 0.05) is 18.0 Å². The minimum absolute atomic E-state index is 0.126. The molecule has 112 valence electrons. The number of pyridine rings is 1. The number of nitrogens with one attached hydrogen (secondary N) is 1. The van der Waals surface area contributed by atoms with E-state index in [1.165, 1.54) is 0 Å². The van der Waals surface area contributed by atoms with Crippen LogP contribution >= 0.6 is 0 Å². The average Bonchev–Trinajstić information content (AvgIpc) is 3.13. The number of carbonyl (C=O) groups is 1. The molecule has 0 aliphatic heterocycles. The van der Waals surface area contributed by atoms with Crippen LogP contribution in [-0.2, 0) is 6.54 Å². The number of rotatable bonds is 4. The third-order valence-corrected chi connectivity index (χ3v) is 3.07. The van der Waals surface area contributed by atoms with Crippen LogP contribution in [0, 0.1) is 13.8 Å². The monoisotopic (exact) mass is 299 g/mol. The molecule has 3 rings (SSSR count). The second-order valence-corrected chi connectivity index (χ2v) is 4.63. The third kappa shape index (κ3) is 2.71. The van der Waals surface area contributed by atoms with Crippen LogP contribution in [-0.4, -0.2) is 26.2 Å². The van der Waals surface area contributed by atoms with Gasteiger partial charge in [-0.15, -0.1) is 0 Å². The number of carbonyl (C=O) groups excluding carboxylic acids is 1.